The minimum absolute atomic E-state index is 0.230. The Morgan fingerprint density at radius 1 is 0.680 bits per heavy atom. The highest BCUT2D eigenvalue weighted by atomic mass is 16.6. The van der Waals surface area contributed by atoms with Gasteiger partial charge in [-0.05, 0) is 55.7 Å². The molecule has 25 heavy (non-hydrogen) atoms. The van der Waals surface area contributed by atoms with Gasteiger partial charge >= 0.3 is 0 Å². The monoisotopic (exact) mass is 338 g/mol. The van der Waals surface area contributed by atoms with Crippen molar-refractivity contribution in [2.45, 2.75) is 44.9 Å². The van der Waals surface area contributed by atoms with Crippen molar-refractivity contribution in [3.8, 4) is 0 Å². The largest absolute Gasteiger partial charge is 0.348 e. The topological polar surface area (TPSA) is 31.5 Å². The summed E-state index contributed by atoms with van der Waals surface area (Å²) in [5.74, 6) is 0. The SMILES string of the molecule is CC1OC1N(C)c1ccc(Cc2ccc(N(C)C3OC3C)cc2)cc1. The van der Waals surface area contributed by atoms with Crippen LogP contribution in [-0.4, -0.2) is 38.8 Å². The van der Waals surface area contributed by atoms with Crippen LogP contribution in [0.25, 0.3) is 0 Å². The molecule has 2 saturated heterocycles. The maximum Gasteiger partial charge on any atom is 0.156 e. The second-order valence-corrected chi connectivity index (χ2v) is 7.20. The standard InChI is InChI=1S/C21H26N2O2/c1-14-20(24-14)22(3)18-9-5-16(6-10-18)13-17-7-11-19(12-8-17)23(4)21-15(2)25-21/h5-12,14-15,20-21H,13H2,1-4H3. The summed E-state index contributed by atoms with van der Waals surface area (Å²) in [7, 11) is 4.17. The van der Waals surface area contributed by atoms with Crippen molar-refractivity contribution in [1.82, 2.24) is 0 Å². The normalized spacial score (nSPS) is 27.0. The fourth-order valence-electron chi connectivity index (χ4n) is 3.39. The van der Waals surface area contributed by atoms with Gasteiger partial charge in [-0.1, -0.05) is 24.3 Å². The number of anilines is 2. The second kappa shape index (κ2) is 6.36. The summed E-state index contributed by atoms with van der Waals surface area (Å²) in [5.41, 5.74) is 5.05. The van der Waals surface area contributed by atoms with E-state index in [-0.39, 0.29) is 12.5 Å². The van der Waals surface area contributed by atoms with Crippen molar-refractivity contribution in [3.05, 3.63) is 59.7 Å². The molecule has 0 aromatic heterocycles. The molecule has 2 heterocycles. The van der Waals surface area contributed by atoms with E-state index in [2.05, 4.69) is 86.3 Å². The Labute approximate surface area is 150 Å². The summed E-state index contributed by atoms with van der Waals surface area (Å²) in [6, 6.07) is 17.5. The second-order valence-electron chi connectivity index (χ2n) is 7.20. The van der Waals surface area contributed by atoms with Gasteiger partial charge in [0.15, 0.2) is 12.5 Å². The molecule has 2 aromatic rings. The van der Waals surface area contributed by atoms with Crippen molar-refractivity contribution in [1.29, 1.82) is 0 Å². The molecule has 0 bridgehead atoms. The van der Waals surface area contributed by atoms with Crippen LogP contribution in [0.1, 0.15) is 25.0 Å². The van der Waals surface area contributed by atoms with Gasteiger partial charge in [-0.3, -0.25) is 0 Å². The van der Waals surface area contributed by atoms with E-state index >= 15 is 0 Å². The van der Waals surface area contributed by atoms with Crippen LogP contribution < -0.4 is 9.80 Å². The van der Waals surface area contributed by atoms with E-state index in [0.717, 1.165) is 6.42 Å². The third-order valence-electron chi connectivity index (χ3n) is 5.22. The van der Waals surface area contributed by atoms with Gasteiger partial charge < -0.3 is 19.3 Å². The van der Waals surface area contributed by atoms with Crippen molar-refractivity contribution >= 4 is 11.4 Å². The summed E-state index contributed by atoms with van der Waals surface area (Å²) in [4.78, 5) is 4.39. The lowest BCUT2D eigenvalue weighted by molar-refractivity contribution is 0.377. The number of ether oxygens (including phenoxy) is 2. The summed E-state index contributed by atoms with van der Waals surface area (Å²) in [6.45, 7) is 4.21. The molecule has 4 unspecified atom stereocenters. The van der Waals surface area contributed by atoms with Crippen molar-refractivity contribution < 1.29 is 9.47 Å². The lowest BCUT2D eigenvalue weighted by Gasteiger charge is -2.18. The highest BCUT2D eigenvalue weighted by Gasteiger charge is 2.38. The maximum atomic E-state index is 5.53. The Morgan fingerprint density at radius 3 is 1.28 bits per heavy atom. The van der Waals surface area contributed by atoms with Crippen LogP contribution in [0.3, 0.4) is 0 Å². The number of hydrogen-bond donors (Lipinski definition) is 0. The number of nitrogens with zero attached hydrogens (tertiary/aromatic N) is 2. The average molecular weight is 338 g/mol. The molecule has 0 amide bonds. The van der Waals surface area contributed by atoms with Crippen molar-refractivity contribution in [3.63, 3.8) is 0 Å². The molecule has 0 N–H and O–H groups in total. The quantitative estimate of drug-likeness (QED) is 0.753. The van der Waals surface area contributed by atoms with Crippen LogP contribution in [0, 0.1) is 0 Å². The lowest BCUT2D eigenvalue weighted by atomic mass is 10.0. The number of likely N-dealkylation sites (N-methyl/N-ethyl adjacent to an activating group) is 2. The van der Waals surface area contributed by atoms with E-state index < -0.39 is 0 Å². The zero-order chi connectivity index (χ0) is 17.6. The van der Waals surface area contributed by atoms with Gasteiger partial charge in [-0.2, -0.15) is 0 Å². The molecule has 132 valence electrons. The molecule has 0 aliphatic carbocycles. The van der Waals surface area contributed by atoms with Gasteiger partial charge in [0.05, 0.1) is 0 Å². The summed E-state index contributed by atoms with van der Waals surface area (Å²) >= 11 is 0. The Kier molecular flexibility index (Phi) is 4.18. The number of benzene rings is 2. The highest BCUT2D eigenvalue weighted by molar-refractivity contribution is 5.51. The third-order valence-corrected chi connectivity index (χ3v) is 5.22. The molecule has 2 aromatic carbocycles. The summed E-state index contributed by atoms with van der Waals surface area (Å²) < 4.78 is 11.1. The molecule has 4 rings (SSSR count). The smallest absolute Gasteiger partial charge is 0.156 e. The van der Waals surface area contributed by atoms with Crippen molar-refractivity contribution in [2.24, 2.45) is 0 Å². The van der Waals surface area contributed by atoms with E-state index in [0.29, 0.717) is 12.2 Å². The molecule has 4 heteroatoms. The minimum Gasteiger partial charge on any atom is -0.348 e. The van der Waals surface area contributed by atoms with Crippen LogP contribution >= 0.6 is 0 Å². The zero-order valence-electron chi connectivity index (χ0n) is 15.3. The minimum atomic E-state index is 0.230. The first kappa shape index (κ1) is 16.4. The predicted molar refractivity (Wildman–Crippen MR) is 101 cm³/mol. The van der Waals surface area contributed by atoms with Gasteiger partial charge in [-0.15, -0.1) is 0 Å². The molecular formula is C21H26N2O2. The molecule has 0 radical (unpaired) electrons. The first-order valence-corrected chi connectivity index (χ1v) is 8.97. The van der Waals surface area contributed by atoms with Gasteiger partial charge in [0, 0.05) is 25.5 Å². The number of epoxide rings is 2. The first-order chi connectivity index (χ1) is 12.0. The lowest BCUT2D eigenvalue weighted by Crippen LogP contribution is -2.22. The fraction of sp³-hybridized carbons (Fsp3) is 0.429. The Morgan fingerprint density at radius 2 is 1.00 bits per heavy atom. The average Bonchev–Trinajstić information content (AvgIpc) is 3.53. The van der Waals surface area contributed by atoms with Gasteiger partial charge in [0.2, 0.25) is 0 Å². The third kappa shape index (κ3) is 3.51. The molecule has 2 aliphatic heterocycles. The molecule has 0 spiro atoms. The Balaban J connectivity index is 1.38. The number of hydrogen-bond acceptors (Lipinski definition) is 4. The highest BCUT2D eigenvalue weighted by Crippen LogP contribution is 2.30. The molecular weight excluding hydrogens is 312 g/mol. The summed E-state index contributed by atoms with van der Waals surface area (Å²) in [5, 5.41) is 0. The fourth-order valence-corrected chi connectivity index (χ4v) is 3.39. The zero-order valence-corrected chi connectivity index (χ0v) is 15.3. The van der Waals surface area contributed by atoms with Crippen molar-refractivity contribution in [2.75, 3.05) is 23.9 Å². The van der Waals surface area contributed by atoms with Crippen LogP contribution in [-0.2, 0) is 15.9 Å². The van der Waals surface area contributed by atoms with Gasteiger partial charge in [0.1, 0.15) is 12.2 Å². The predicted octanol–water partition coefficient (Wildman–Crippen LogP) is 3.64. The Bertz CT molecular complexity index is 665. The van der Waals surface area contributed by atoms with Gasteiger partial charge in [-0.25, -0.2) is 0 Å². The molecule has 0 saturated carbocycles. The Hall–Kier alpha value is -2.04. The van der Waals surface area contributed by atoms with Gasteiger partial charge in [0.25, 0.3) is 0 Å². The molecule has 4 nitrogen and oxygen atoms in total. The maximum absolute atomic E-state index is 5.53. The molecule has 4 atom stereocenters. The number of rotatable bonds is 6. The van der Waals surface area contributed by atoms with Crippen LogP contribution in [0.15, 0.2) is 48.5 Å². The van der Waals surface area contributed by atoms with E-state index in [9.17, 15) is 0 Å². The first-order valence-electron chi connectivity index (χ1n) is 8.97. The molecule has 2 fully saturated rings. The van der Waals surface area contributed by atoms with Crippen LogP contribution in [0.2, 0.25) is 0 Å². The van der Waals surface area contributed by atoms with Crippen LogP contribution in [0.4, 0.5) is 11.4 Å². The van der Waals surface area contributed by atoms with E-state index in [4.69, 9.17) is 9.47 Å². The van der Waals surface area contributed by atoms with Crippen LogP contribution in [0.5, 0.6) is 0 Å². The summed E-state index contributed by atoms with van der Waals surface area (Å²) in [6.07, 6.45) is 2.08. The van der Waals surface area contributed by atoms with E-state index in [1.165, 1.54) is 22.5 Å². The molecule has 2 aliphatic rings. The van der Waals surface area contributed by atoms with E-state index in [1.807, 2.05) is 0 Å². The van der Waals surface area contributed by atoms with E-state index in [1.54, 1.807) is 0 Å².